The largest absolute Gasteiger partial charge is 0.480 e. The third-order valence-corrected chi connectivity index (χ3v) is 3.05. The van der Waals surface area contributed by atoms with Crippen molar-refractivity contribution in [2.24, 2.45) is 0 Å². The monoisotopic (exact) mass is 190 g/mol. The van der Waals surface area contributed by atoms with E-state index in [1.807, 2.05) is 27.7 Å². The average Bonchev–Trinajstić information content (AvgIpc) is 1.85. The number of aliphatic carboxylic acids is 1. The Labute approximate surface area is 78.7 Å². The van der Waals surface area contributed by atoms with Crippen LogP contribution < -0.4 is 0 Å². The number of carboxylic acid groups (broad SMARTS) is 1. The van der Waals surface area contributed by atoms with Gasteiger partial charge in [-0.05, 0) is 13.3 Å². The predicted molar refractivity (Wildman–Crippen MR) is 53.7 cm³/mol. The Balaban J connectivity index is 4.28. The molecular weight excluding hydrogens is 172 g/mol. The summed E-state index contributed by atoms with van der Waals surface area (Å²) in [5.74, 6) is -0.692. The smallest absolute Gasteiger partial charge is 0.319 e. The number of hydrogen-bond donors (Lipinski definition) is 1. The fourth-order valence-corrected chi connectivity index (χ4v) is 2.68. The lowest BCUT2D eigenvalue weighted by molar-refractivity contribution is -0.139. The molecule has 0 saturated heterocycles. The van der Waals surface area contributed by atoms with Gasteiger partial charge in [-0.2, -0.15) is 0 Å². The molecular formula is C9H18O2S. The van der Waals surface area contributed by atoms with Crippen LogP contribution >= 0.6 is 11.8 Å². The maximum atomic E-state index is 10.9. The summed E-state index contributed by atoms with van der Waals surface area (Å²) in [5.41, 5.74) is 0. The van der Waals surface area contributed by atoms with Gasteiger partial charge < -0.3 is 5.11 Å². The zero-order valence-electron chi connectivity index (χ0n) is 8.26. The van der Waals surface area contributed by atoms with Crippen molar-refractivity contribution in [3.8, 4) is 0 Å². The van der Waals surface area contributed by atoms with Crippen molar-refractivity contribution in [3.05, 3.63) is 0 Å². The van der Waals surface area contributed by atoms with Crippen molar-refractivity contribution >= 4 is 17.7 Å². The number of thioether (sulfide) groups is 1. The van der Waals surface area contributed by atoms with Crippen LogP contribution in [0.4, 0.5) is 0 Å². The van der Waals surface area contributed by atoms with Crippen LogP contribution in [-0.2, 0) is 4.79 Å². The molecule has 3 heteroatoms. The van der Waals surface area contributed by atoms with Crippen LogP contribution in [0.15, 0.2) is 0 Å². The summed E-state index contributed by atoms with van der Waals surface area (Å²) in [5, 5.41) is 9.36. The van der Waals surface area contributed by atoms with Gasteiger partial charge in [-0.25, -0.2) is 0 Å². The Bertz CT molecular complexity index is 157. The molecule has 0 fully saturated rings. The van der Waals surface area contributed by atoms with E-state index in [0.29, 0.717) is 5.25 Å². The van der Waals surface area contributed by atoms with E-state index in [4.69, 9.17) is 5.11 Å². The molecule has 0 aromatic carbocycles. The summed E-state index contributed by atoms with van der Waals surface area (Å²) in [7, 11) is 0. The van der Waals surface area contributed by atoms with Crippen LogP contribution in [0.1, 0.15) is 40.5 Å². The van der Waals surface area contributed by atoms with E-state index >= 15 is 0 Å². The van der Waals surface area contributed by atoms with Gasteiger partial charge in [0.25, 0.3) is 0 Å². The van der Waals surface area contributed by atoms with E-state index in [1.54, 1.807) is 0 Å². The average molecular weight is 190 g/mol. The van der Waals surface area contributed by atoms with E-state index in [-0.39, 0.29) is 0 Å². The molecule has 0 aliphatic carbocycles. The molecule has 0 aromatic rings. The summed E-state index contributed by atoms with van der Waals surface area (Å²) >= 11 is 1.53. The highest BCUT2D eigenvalue weighted by Crippen LogP contribution is 2.33. The standard InChI is InChI=1S/C9H18O2S/c1-5-6-9(4,8(10)11)12-7(2)3/h7H,5-6H2,1-4H3,(H,10,11). The van der Waals surface area contributed by atoms with E-state index in [2.05, 4.69) is 0 Å². The Morgan fingerprint density at radius 1 is 1.58 bits per heavy atom. The first-order valence-corrected chi connectivity index (χ1v) is 5.21. The minimum absolute atomic E-state index is 0.373. The van der Waals surface area contributed by atoms with E-state index in [9.17, 15) is 4.79 Å². The van der Waals surface area contributed by atoms with Crippen molar-refractivity contribution < 1.29 is 9.90 Å². The maximum Gasteiger partial charge on any atom is 0.319 e. The highest BCUT2D eigenvalue weighted by Gasteiger charge is 2.33. The van der Waals surface area contributed by atoms with Gasteiger partial charge in [0.1, 0.15) is 4.75 Å². The second-order valence-electron chi connectivity index (χ2n) is 3.45. The summed E-state index contributed by atoms with van der Waals surface area (Å²) in [4.78, 5) is 10.9. The molecule has 2 nitrogen and oxygen atoms in total. The molecule has 1 N–H and O–H groups in total. The van der Waals surface area contributed by atoms with Crippen LogP contribution in [0.5, 0.6) is 0 Å². The lowest BCUT2D eigenvalue weighted by atomic mass is 10.1. The van der Waals surface area contributed by atoms with Gasteiger partial charge in [0.05, 0.1) is 0 Å². The van der Waals surface area contributed by atoms with Gasteiger partial charge in [-0.1, -0.05) is 27.2 Å². The summed E-state index contributed by atoms with van der Waals surface area (Å²) in [6, 6.07) is 0. The minimum atomic E-state index is -0.692. The summed E-state index contributed by atoms with van der Waals surface area (Å²) in [6.07, 6.45) is 1.66. The van der Waals surface area contributed by atoms with Gasteiger partial charge in [0.2, 0.25) is 0 Å². The normalized spacial score (nSPS) is 16.1. The van der Waals surface area contributed by atoms with Crippen LogP contribution in [0.3, 0.4) is 0 Å². The first-order chi connectivity index (χ1) is 5.42. The highest BCUT2D eigenvalue weighted by molar-refractivity contribution is 8.01. The quantitative estimate of drug-likeness (QED) is 0.724. The molecule has 12 heavy (non-hydrogen) atoms. The topological polar surface area (TPSA) is 37.3 Å². The molecule has 0 aliphatic heterocycles. The lowest BCUT2D eigenvalue weighted by Crippen LogP contribution is -2.32. The Kier molecular flexibility index (Phi) is 4.68. The molecule has 0 rings (SSSR count). The van der Waals surface area contributed by atoms with Crippen LogP contribution in [0.25, 0.3) is 0 Å². The maximum absolute atomic E-state index is 10.9. The molecule has 0 amide bonds. The van der Waals surface area contributed by atoms with Crippen molar-refractivity contribution in [2.75, 3.05) is 0 Å². The number of carboxylic acids is 1. The second-order valence-corrected chi connectivity index (χ2v) is 5.53. The van der Waals surface area contributed by atoms with Gasteiger partial charge in [-0.3, -0.25) is 4.79 Å². The Morgan fingerprint density at radius 2 is 2.08 bits per heavy atom. The van der Waals surface area contributed by atoms with Gasteiger partial charge >= 0.3 is 5.97 Å². The molecule has 72 valence electrons. The fourth-order valence-electron chi connectivity index (χ4n) is 1.21. The molecule has 0 heterocycles. The highest BCUT2D eigenvalue weighted by atomic mass is 32.2. The molecule has 1 atom stereocenters. The third kappa shape index (κ3) is 3.48. The molecule has 0 spiro atoms. The fraction of sp³-hybridized carbons (Fsp3) is 0.889. The minimum Gasteiger partial charge on any atom is -0.480 e. The Hall–Kier alpha value is -0.180. The second kappa shape index (κ2) is 4.75. The van der Waals surface area contributed by atoms with Gasteiger partial charge in [0.15, 0.2) is 0 Å². The summed E-state index contributed by atoms with van der Waals surface area (Å²) in [6.45, 7) is 7.88. The molecule has 0 aromatic heterocycles. The van der Waals surface area contributed by atoms with Crippen molar-refractivity contribution in [2.45, 2.75) is 50.5 Å². The van der Waals surface area contributed by atoms with Gasteiger partial charge in [0, 0.05) is 5.25 Å². The third-order valence-electron chi connectivity index (χ3n) is 1.68. The van der Waals surface area contributed by atoms with Crippen LogP contribution in [-0.4, -0.2) is 21.1 Å². The number of carbonyl (C=O) groups is 1. The van der Waals surface area contributed by atoms with E-state index in [1.165, 1.54) is 11.8 Å². The first kappa shape index (κ1) is 11.8. The molecule has 0 radical (unpaired) electrons. The van der Waals surface area contributed by atoms with Crippen LogP contribution in [0, 0.1) is 0 Å². The molecule has 0 aliphatic rings. The number of hydrogen-bond acceptors (Lipinski definition) is 2. The van der Waals surface area contributed by atoms with Crippen molar-refractivity contribution in [3.63, 3.8) is 0 Å². The summed E-state index contributed by atoms with van der Waals surface area (Å²) < 4.78 is -0.594. The van der Waals surface area contributed by atoms with E-state index in [0.717, 1.165) is 12.8 Å². The van der Waals surface area contributed by atoms with Gasteiger partial charge in [-0.15, -0.1) is 11.8 Å². The Morgan fingerprint density at radius 3 is 2.33 bits per heavy atom. The van der Waals surface area contributed by atoms with Crippen LogP contribution in [0.2, 0.25) is 0 Å². The zero-order chi connectivity index (χ0) is 9.78. The number of rotatable bonds is 5. The molecule has 1 unspecified atom stereocenters. The SMILES string of the molecule is CCCC(C)(SC(C)C)C(=O)O. The predicted octanol–water partition coefficient (Wildman–Crippen LogP) is 2.77. The first-order valence-electron chi connectivity index (χ1n) is 4.33. The van der Waals surface area contributed by atoms with Crippen molar-refractivity contribution in [1.29, 1.82) is 0 Å². The van der Waals surface area contributed by atoms with E-state index < -0.39 is 10.7 Å². The molecule has 0 bridgehead atoms. The zero-order valence-corrected chi connectivity index (χ0v) is 9.07. The lowest BCUT2D eigenvalue weighted by Gasteiger charge is -2.25. The van der Waals surface area contributed by atoms with Crippen molar-refractivity contribution in [1.82, 2.24) is 0 Å². The molecule has 0 saturated carbocycles.